The molecule has 3 aromatic rings. The van der Waals surface area contributed by atoms with E-state index < -0.39 is 229 Å². The molecule has 4 bridgehead atoms. The smallest absolute Gasteiger partial charge is 0.305 e. The summed E-state index contributed by atoms with van der Waals surface area (Å²) in [5.41, 5.74) is 19.5. The Kier molecular flexibility index (Phi) is 41.4. The Morgan fingerprint density at radius 2 is 0.933 bits per heavy atom. The molecule has 42 heteroatoms. The van der Waals surface area contributed by atoms with Gasteiger partial charge in [0.25, 0.3) is 0 Å². The lowest BCUT2D eigenvalue weighted by Crippen LogP contribution is -2.62. The van der Waals surface area contributed by atoms with Crippen LogP contribution in [-0.2, 0) is 116 Å². The molecule has 658 valence electrons. The second-order valence-corrected chi connectivity index (χ2v) is 34.3. The van der Waals surface area contributed by atoms with Gasteiger partial charge < -0.3 is 107 Å². The summed E-state index contributed by atoms with van der Waals surface area (Å²) in [4.78, 5) is 254. The third-order valence-electron chi connectivity index (χ3n) is 18.5. The average Bonchev–Trinajstić information content (AvgIpc) is 0.843. The number of benzene rings is 3. The van der Waals surface area contributed by atoms with E-state index in [4.69, 9.17) is 17.2 Å². The number of aliphatic carboxylic acids is 2. The number of rotatable bonds is 23. The van der Waals surface area contributed by atoms with Crippen molar-refractivity contribution in [3.63, 3.8) is 0 Å². The fraction of sp³-hybridized carbons (Fsp3) is 0.538. The molecule has 5 rings (SSSR count). The molecule has 23 N–H and O–H groups in total. The average molecular weight is 1750 g/mol. The minimum absolute atomic E-state index is 0.00460. The van der Waals surface area contributed by atoms with Gasteiger partial charge in [-0.3, -0.25) is 86.3 Å². The van der Waals surface area contributed by atoms with Crippen LogP contribution in [0.1, 0.15) is 122 Å². The first-order valence-corrected chi connectivity index (χ1v) is 43.6. The van der Waals surface area contributed by atoms with E-state index >= 15 is 9.59 Å². The predicted octanol–water partition coefficient (Wildman–Crippen LogP) is -2.80. The number of nitrogens with two attached hydrogens (primary N) is 3. The highest BCUT2D eigenvalue weighted by Gasteiger charge is 2.40. The molecular formula is C78H111N17O21S4. The van der Waals surface area contributed by atoms with Crippen molar-refractivity contribution in [2.24, 2.45) is 35.0 Å². The fourth-order valence-corrected chi connectivity index (χ4v) is 15.6. The van der Waals surface area contributed by atoms with E-state index in [1.165, 1.54) is 63.7 Å². The van der Waals surface area contributed by atoms with Gasteiger partial charge in [0.15, 0.2) is 0 Å². The Morgan fingerprint density at radius 1 is 0.492 bits per heavy atom. The second kappa shape index (κ2) is 49.7. The Balaban J connectivity index is 1.81. The maximum absolute atomic E-state index is 15.5. The van der Waals surface area contributed by atoms with Crippen LogP contribution < -0.4 is 91.6 Å². The maximum atomic E-state index is 15.5. The standard InChI is InChI=1S/C78H111N17O21S4/c1-38(2)21-50-68(106)93-57(75(113)83-42(8)65(81)103)35-118-32-45-23-46-25-47(24-45)34-120-37-59(77(115)88-52(26-43-13-11-10-12-14-43)70(108)87-53(27-44-15-17-48(96)18-16-44)69(107)85-49(19-20-117-9)67(105)82-31-61(98)84-50)94-73(111)56(30-63(101)102)90-72(110)55(29-62(99)100)89-71(109)54(28-60(80)97)91-78(116)64(40(5)6)95-74(112)51(22-39(3)4)86-76(114)58(36-119-33-46)92-66(104)41(7)79/h10-18,23-25,38-42,49-59,64,96H,19-22,26-37,79H2,1-9H3,(H2,80,97)(H2,81,103)(H,82,105)(H,83,113)(H,84,98)(H,85,107)(H,86,114)(H,87,108)(H,88,115)(H,89,109)(H,90,110)(H,91,116)(H,92,104)(H,93,106)(H,94,111)(H,95,112)(H,99,100)(H,101,102)/t41-,42-,49-,50-,51-,52-,53-,54-,55-,56-,57-,58-,59-,64-/m0/s1. The number of nitrogens with one attached hydrogen (secondary N) is 14. The molecule has 0 unspecified atom stereocenters. The molecular weight excluding hydrogens is 1640 g/mol. The van der Waals surface area contributed by atoms with Gasteiger partial charge >= 0.3 is 11.9 Å². The number of fused-ring (bicyclic) bond motifs is 5. The molecule has 0 radical (unpaired) electrons. The number of aromatic hydroxyl groups is 1. The van der Waals surface area contributed by atoms with Crippen LogP contribution >= 0.6 is 47.0 Å². The minimum atomic E-state index is -2.26. The summed E-state index contributed by atoms with van der Waals surface area (Å²) >= 11 is 4.53. The van der Waals surface area contributed by atoms with Crippen molar-refractivity contribution in [1.29, 1.82) is 0 Å². The van der Waals surface area contributed by atoms with Gasteiger partial charge in [0, 0.05) is 47.4 Å². The summed E-state index contributed by atoms with van der Waals surface area (Å²) in [7, 11) is 0. The van der Waals surface area contributed by atoms with Crippen LogP contribution in [-0.4, -0.2) is 242 Å². The lowest BCUT2D eigenvalue weighted by molar-refractivity contribution is -0.143. The van der Waals surface area contributed by atoms with Crippen molar-refractivity contribution in [2.45, 2.75) is 209 Å². The Hall–Kier alpha value is -10.7. The molecule has 2 aliphatic heterocycles. The van der Waals surface area contributed by atoms with Gasteiger partial charge in [-0.05, 0) is 103 Å². The van der Waals surface area contributed by atoms with Crippen LogP contribution in [0.5, 0.6) is 5.75 Å². The van der Waals surface area contributed by atoms with E-state index in [1.807, 2.05) is 0 Å². The minimum Gasteiger partial charge on any atom is -0.508 e. The number of carboxylic acid groups (broad SMARTS) is 2. The van der Waals surface area contributed by atoms with Gasteiger partial charge in [-0.2, -0.15) is 47.0 Å². The summed E-state index contributed by atoms with van der Waals surface area (Å²) < 4.78 is 0. The number of primary amides is 2. The zero-order valence-electron chi connectivity index (χ0n) is 68.1. The van der Waals surface area contributed by atoms with Gasteiger partial charge in [-0.25, -0.2) is 0 Å². The van der Waals surface area contributed by atoms with Crippen molar-refractivity contribution in [2.75, 3.05) is 35.8 Å². The van der Waals surface area contributed by atoms with E-state index in [9.17, 15) is 92.0 Å². The Bertz CT molecular complexity index is 4150. The highest BCUT2D eigenvalue weighted by Crippen LogP contribution is 2.26. The number of hydrogen-bond donors (Lipinski definition) is 20. The molecule has 0 saturated heterocycles. The zero-order chi connectivity index (χ0) is 89.2. The highest BCUT2D eigenvalue weighted by atomic mass is 32.2. The molecule has 0 fully saturated rings. The van der Waals surface area contributed by atoms with Crippen LogP contribution in [0.15, 0.2) is 72.8 Å². The van der Waals surface area contributed by atoms with E-state index in [0.29, 0.717) is 27.8 Å². The van der Waals surface area contributed by atoms with Crippen LogP contribution in [0.2, 0.25) is 0 Å². The molecule has 38 nitrogen and oxygen atoms in total. The largest absolute Gasteiger partial charge is 0.508 e. The number of phenolic OH excluding ortho intramolecular Hbond substituents is 1. The molecule has 2 heterocycles. The molecule has 0 spiro atoms. The van der Waals surface area contributed by atoms with Gasteiger partial charge in [-0.1, -0.05) is 102 Å². The normalized spacial score (nSPS) is 23.9. The van der Waals surface area contributed by atoms with Crippen molar-refractivity contribution in [1.82, 2.24) is 74.4 Å². The number of amides is 16. The summed E-state index contributed by atoms with van der Waals surface area (Å²) in [5.74, 6) is -22.5. The van der Waals surface area contributed by atoms with Crippen molar-refractivity contribution in [3.8, 4) is 5.75 Å². The Morgan fingerprint density at radius 3 is 1.43 bits per heavy atom. The van der Waals surface area contributed by atoms with Crippen LogP contribution in [0.4, 0.5) is 0 Å². The van der Waals surface area contributed by atoms with E-state index in [0.717, 1.165) is 35.3 Å². The Labute approximate surface area is 711 Å². The van der Waals surface area contributed by atoms with Crippen molar-refractivity contribution < 1.29 is 102 Å². The quantitative estimate of drug-likeness (QED) is 0.0456. The second-order valence-electron chi connectivity index (χ2n) is 30.3. The molecule has 16 amide bonds. The summed E-state index contributed by atoms with van der Waals surface area (Å²) in [6, 6.07) is -3.81. The van der Waals surface area contributed by atoms with E-state index in [1.54, 1.807) is 82.5 Å². The van der Waals surface area contributed by atoms with E-state index in [2.05, 4.69) is 74.4 Å². The van der Waals surface area contributed by atoms with Gasteiger partial charge in [-0.15, -0.1) is 0 Å². The number of carbonyl (C=O) groups is 18. The maximum Gasteiger partial charge on any atom is 0.305 e. The summed E-state index contributed by atoms with van der Waals surface area (Å²) in [6.45, 7) is 11.9. The third kappa shape index (κ3) is 34.9. The number of carbonyl (C=O) groups excluding carboxylic acids is 16. The molecule has 14 atom stereocenters. The number of carboxylic acids is 2. The van der Waals surface area contributed by atoms with E-state index in [-0.39, 0.29) is 84.2 Å². The topological polar surface area (TPSA) is 614 Å². The molecule has 120 heavy (non-hydrogen) atoms. The number of hydrogen-bond acceptors (Lipinski definition) is 24. The number of phenols is 1. The van der Waals surface area contributed by atoms with Gasteiger partial charge in [0.05, 0.1) is 31.8 Å². The van der Waals surface area contributed by atoms with Crippen LogP contribution in [0.25, 0.3) is 0 Å². The zero-order valence-corrected chi connectivity index (χ0v) is 71.4. The molecule has 0 saturated carbocycles. The summed E-state index contributed by atoms with van der Waals surface area (Å²) in [6.07, 6.45) is -2.64. The number of thioether (sulfide) groups is 4. The van der Waals surface area contributed by atoms with Crippen LogP contribution in [0.3, 0.4) is 0 Å². The SMILES string of the molecule is CSCC[C@@H]1NC(=O)[C@H](Cc2ccc(O)cc2)NC(=O)[C@H](Cc2ccccc2)NC(=O)[C@@H]2CSCc3cc(cc(c3)CSC[C@@H](C(=O)N[C@@H](C)C(N)=O)NC(=O)[C@H](CC(C)C)NC(=O)CNC1=O)CSC[C@H](NC(=O)[C@H](C)N)C(=O)N[C@@H](CC(C)C)C(=O)N[C@@H](C(C)C)C(=O)N[C@@H](CC(N)=O)C(=O)N[C@@H](CC(=O)O)C(=O)N[C@@H](CC(=O)O)C(=O)N2. The summed E-state index contributed by atoms with van der Waals surface area (Å²) in [5, 5.41) is 66.1. The molecule has 0 aromatic heterocycles. The molecule has 2 aliphatic rings. The lowest BCUT2D eigenvalue weighted by Gasteiger charge is -2.29. The molecule has 0 aliphatic carbocycles. The first-order valence-electron chi connectivity index (χ1n) is 38.7. The first kappa shape index (κ1) is 99.8. The predicted molar refractivity (Wildman–Crippen MR) is 449 cm³/mol. The lowest BCUT2D eigenvalue weighted by atomic mass is 9.99. The monoisotopic (exact) mass is 1750 g/mol. The first-order chi connectivity index (χ1) is 56.6. The van der Waals surface area contributed by atoms with Crippen molar-refractivity contribution >= 4 is 154 Å². The fourth-order valence-electron chi connectivity index (χ4n) is 12.2. The van der Waals surface area contributed by atoms with Gasteiger partial charge in [0.2, 0.25) is 94.5 Å². The van der Waals surface area contributed by atoms with Crippen molar-refractivity contribution in [3.05, 3.63) is 101 Å². The third-order valence-corrected chi connectivity index (χ3v) is 22.4. The van der Waals surface area contributed by atoms with Gasteiger partial charge in [0.1, 0.15) is 84.3 Å². The molecule has 3 aromatic carbocycles. The van der Waals surface area contributed by atoms with Crippen LogP contribution in [0, 0.1) is 17.8 Å². The highest BCUT2D eigenvalue weighted by molar-refractivity contribution is 7.99.